The van der Waals surface area contributed by atoms with Gasteiger partial charge in [0, 0.05) is 12.6 Å². The number of hydrogen-bond acceptors (Lipinski definition) is 2. The van der Waals surface area contributed by atoms with Gasteiger partial charge in [-0.1, -0.05) is 13.0 Å². The van der Waals surface area contributed by atoms with E-state index < -0.39 is 11.6 Å². The fourth-order valence-electron chi connectivity index (χ4n) is 1.82. The Morgan fingerprint density at radius 1 is 1.10 bits per heavy atom. The molecule has 5 heteroatoms. The molecule has 0 aliphatic rings. The molecule has 0 aliphatic carbocycles. The summed E-state index contributed by atoms with van der Waals surface area (Å²) in [6, 6.07) is 8.65. The van der Waals surface area contributed by atoms with E-state index in [1.807, 2.05) is 12.1 Å². The molecule has 0 unspecified atom stereocenters. The third-order valence-electron chi connectivity index (χ3n) is 2.87. The van der Waals surface area contributed by atoms with Crippen LogP contribution in [0.4, 0.5) is 8.78 Å². The highest BCUT2D eigenvalue weighted by atomic mass is 79.9. The van der Waals surface area contributed by atoms with Crippen LogP contribution in [0.1, 0.15) is 18.9 Å². The van der Waals surface area contributed by atoms with E-state index in [1.54, 1.807) is 6.07 Å². The highest BCUT2D eigenvalue weighted by Crippen LogP contribution is 2.32. The van der Waals surface area contributed by atoms with Crippen molar-refractivity contribution in [3.8, 4) is 11.5 Å². The Balaban J connectivity index is 2.12. The average molecular weight is 356 g/mol. The van der Waals surface area contributed by atoms with E-state index in [2.05, 4.69) is 28.2 Å². The molecule has 1 N–H and O–H groups in total. The number of nitrogens with one attached hydrogen (secondary N) is 1. The summed E-state index contributed by atoms with van der Waals surface area (Å²) >= 11 is 3.39. The molecule has 0 atom stereocenters. The first kappa shape index (κ1) is 15.9. The fourth-order valence-corrected chi connectivity index (χ4v) is 2.33. The molecule has 0 saturated carbocycles. The lowest BCUT2D eigenvalue weighted by atomic mass is 10.2. The van der Waals surface area contributed by atoms with Crippen molar-refractivity contribution in [1.29, 1.82) is 0 Å². The summed E-state index contributed by atoms with van der Waals surface area (Å²) < 4.78 is 32.8. The first-order valence-electron chi connectivity index (χ1n) is 6.72. The third kappa shape index (κ3) is 4.51. The van der Waals surface area contributed by atoms with Crippen molar-refractivity contribution in [1.82, 2.24) is 5.32 Å². The van der Waals surface area contributed by atoms with Crippen LogP contribution in [-0.2, 0) is 6.54 Å². The zero-order chi connectivity index (χ0) is 15.2. The summed E-state index contributed by atoms with van der Waals surface area (Å²) in [6.07, 6.45) is 1.07. The smallest absolute Gasteiger partial charge is 0.166 e. The van der Waals surface area contributed by atoms with Gasteiger partial charge in [0.05, 0.1) is 4.47 Å². The van der Waals surface area contributed by atoms with Gasteiger partial charge in [0.1, 0.15) is 11.6 Å². The van der Waals surface area contributed by atoms with Crippen LogP contribution in [0.15, 0.2) is 40.9 Å². The minimum absolute atomic E-state index is 0.132. The van der Waals surface area contributed by atoms with Gasteiger partial charge in [0.25, 0.3) is 0 Å². The highest BCUT2D eigenvalue weighted by molar-refractivity contribution is 9.10. The molecule has 0 spiro atoms. The van der Waals surface area contributed by atoms with E-state index >= 15 is 0 Å². The van der Waals surface area contributed by atoms with Crippen LogP contribution in [0.2, 0.25) is 0 Å². The second-order valence-corrected chi connectivity index (χ2v) is 5.47. The van der Waals surface area contributed by atoms with Crippen LogP contribution < -0.4 is 10.1 Å². The highest BCUT2D eigenvalue weighted by Gasteiger charge is 2.09. The van der Waals surface area contributed by atoms with Crippen molar-refractivity contribution in [2.45, 2.75) is 19.9 Å². The van der Waals surface area contributed by atoms with Gasteiger partial charge in [-0.2, -0.15) is 0 Å². The summed E-state index contributed by atoms with van der Waals surface area (Å²) in [4.78, 5) is 0. The van der Waals surface area contributed by atoms with Crippen molar-refractivity contribution in [2.75, 3.05) is 6.54 Å². The van der Waals surface area contributed by atoms with Crippen LogP contribution in [-0.4, -0.2) is 6.54 Å². The molecular weight excluding hydrogens is 340 g/mol. The molecule has 0 aliphatic heterocycles. The van der Waals surface area contributed by atoms with E-state index in [4.69, 9.17) is 4.74 Å². The largest absolute Gasteiger partial charge is 0.453 e. The molecule has 0 saturated heterocycles. The number of ether oxygens (including phenoxy) is 1. The van der Waals surface area contributed by atoms with Crippen LogP contribution in [0.25, 0.3) is 0 Å². The molecule has 112 valence electrons. The second kappa shape index (κ2) is 7.52. The Morgan fingerprint density at radius 3 is 2.62 bits per heavy atom. The number of halogens is 3. The summed E-state index contributed by atoms with van der Waals surface area (Å²) in [5.41, 5.74) is 1.09. The van der Waals surface area contributed by atoms with Gasteiger partial charge in [-0.25, -0.2) is 8.78 Å². The fraction of sp³-hybridized carbons (Fsp3) is 0.250. The number of benzene rings is 2. The second-order valence-electron chi connectivity index (χ2n) is 4.62. The molecule has 2 nitrogen and oxygen atoms in total. The van der Waals surface area contributed by atoms with Gasteiger partial charge in [-0.15, -0.1) is 0 Å². The van der Waals surface area contributed by atoms with E-state index in [9.17, 15) is 8.78 Å². The predicted octanol–water partition coefficient (Wildman–Crippen LogP) is 5.02. The molecule has 0 aromatic heterocycles. The molecule has 0 bridgehead atoms. The van der Waals surface area contributed by atoms with Crippen molar-refractivity contribution < 1.29 is 13.5 Å². The van der Waals surface area contributed by atoms with Gasteiger partial charge in [0.2, 0.25) is 0 Å². The minimum atomic E-state index is -0.600. The summed E-state index contributed by atoms with van der Waals surface area (Å²) in [5, 5.41) is 3.29. The Hall–Kier alpha value is -1.46. The lowest BCUT2D eigenvalue weighted by Gasteiger charge is -2.10. The van der Waals surface area contributed by atoms with Crippen molar-refractivity contribution in [2.24, 2.45) is 0 Å². The number of rotatable bonds is 6. The molecule has 21 heavy (non-hydrogen) atoms. The molecular formula is C16H16BrF2NO. The Labute approximate surface area is 131 Å². The Kier molecular flexibility index (Phi) is 5.70. The van der Waals surface area contributed by atoms with Crippen LogP contribution >= 0.6 is 15.9 Å². The lowest BCUT2D eigenvalue weighted by molar-refractivity contribution is 0.434. The molecule has 2 aromatic rings. The van der Waals surface area contributed by atoms with Crippen molar-refractivity contribution in [3.63, 3.8) is 0 Å². The third-order valence-corrected chi connectivity index (χ3v) is 3.49. The van der Waals surface area contributed by atoms with Gasteiger partial charge >= 0.3 is 0 Å². The maximum Gasteiger partial charge on any atom is 0.166 e. The first-order valence-corrected chi connectivity index (χ1v) is 7.51. The SMILES string of the molecule is CCCNCc1ccc(Oc2cc(F)ccc2F)c(Br)c1. The summed E-state index contributed by atoms with van der Waals surface area (Å²) in [5.74, 6) is -0.828. The predicted molar refractivity (Wildman–Crippen MR) is 82.6 cm³/mol. The number of hydrogen-bond donors (Lipinski definition) is 1. The van der Waals surface area contributed by atoms with Gasteiger partial charge in [-0.3, -0.25) is 0 Å². The molecule has 0 radical (unpaired) electrons. The van der Waals surface area contributed by atoms with Gasteiger partial charge in [0.15, 0.2) is 11.6 Å². The molecule has 2 aromatic carbocycles. The quantitative estimate of drug-likeness (QED) is 0.734. The molecule has 2 rings (SSSR count). The monoisotopic (exact) mass is 355 g/mol. The Morgan fingerprint density at radius 2 is 1.90 bits per heavy atom. The van der Waals surface area contributed by atoms with Crippen LogP contribution in [0, 0.1) is 11.6 Å². The Bertz CT molecular complexity index is 619. The topological polar surface area (TPSA) is 21.3 Å². The van der Waals surface area contributed by atoms with Crippen LogP contribution in [0.5, 0.6) is 11.5 Å². The maximum absolute atomic E-state index is 13.6. The normalized spacial score (nSPS) is 10.7. The van der Waals surface area contributed by atoms with E-state index in [0.29, 0.717) is 10.2 Å². The van der Waals surface area contributed by atoms with Crippen molar-refractivity contribution >= 4 is 15.9 Å². The van der Waals surface area contributed by atoms with Crippen molar-refractivity contribution in [3.05, 3.63) is 58.1 Å². The first-order chi connectivity index (χ1) is 10.1. The van der Waals surface area contributed by atoms with Gasteiger partial charge in [-0.05, 0) is 58.7 Å². The summed E-state index contributed by atoms with van der Waals surface area (Å²) in [6.45, 7) is 3.80. The average Bonchev–Trinajstić information content (AvgIpc) is 2.46. The van der Waals surface area contributed by atoms with E-state index in [0.717, 1.165) is 43.3 Å². The molecule has 0 heterocycles. The summed E-state index contributed by atoms with van der Waals surface area (Å²) in [7, 11) is 0. The lowest BCUT2D eigenvalue weighted by Crippen LogP contribution is -2.13. The molecule has 0 fully saturated rings. The standard InChI is InChI=1S/C16H16BrF2NO/c1-2-7-20-10-11-3-6-15(13(17)8-11)21-16-9-12(18)4-5-14(16)19/h3-6,8-9,20H,2,7,10H2,1H3. The van der Waals surface area contributed by atoms with Gasteiger partial charge < -0.3 is 10.1 Å². The van der Waals surface area contributed by atoms with Crippen LogP contribution in [0.3, 0.4) is 0 Å². The molecule has 0 amide bonds. The minimum Gasteiger partial charge on any atom is -0.453 e. The zero-order valence-corrected chi connectivity index (χ0v) is 13.2. The zero-order valence-electron chi connectivity index (χ0n) is 11.6. The van der Waals surface area contributed by atoms with E-state index in [-0.39, 0.29) is 5.75 Å². The van der Waals surface area contributed by atoms with E-state index in [1.165, 1.54) is 0 Å². The maximum atomic E-state index is 13.6.